The third kappa shape index (κ3) is 3.39. The number of rotatable bonds is 5. The average molecular weight is 391 g/mol. The first-order chi connectivity index (χ1) is 13.2. The number of fused-ring (bicyclic) bond motifs is 1. The fraction of sp³-hybridized carbons (Fsp3) is 0.316. The minimum Gasteiger partial charge on any atom is -0.477 e. The predicted octanol–water partition coefficient (Wildman–Crippen LogP) is 3.33. The van der Waals surface area contributed by atoms with E-state index in [-0.39, 0.29) is 18.9 Å². The molecule has 0 bridgehead atoms. The average Bonchev–Trinajstić information content (AvgIpc) is 3.39. The molecule has 0 radical (unpaired) electrons. The van der Waals surface area contributed by atoms with Crippen molar-refractivity contribution in [1.29, 1.82) is 0 Å². The molecule has 1 aromatic carbocycles. The van der Waals surface area contributed by atoms with Crippen molar-refractivity contribution >= 4 is 11.6 Å². The van der Waals surface area contributed by atoms with Crippen LogP contribution in [-0.4, -0.2) is 25.3 Å². The largest absolute Gasteiger partial charge is 0.477 e. The second-order valence-corrected chi connectivity index (χ2v) is 6.91. The Balaban J connectivity index is 1.71. The van der Waals surface area contributed by atoms with Crippen LogP contribution in [-0.2, 0) is 19.1 Å². The lowest BCUT2D eigenvalue weighted by atomic mass is 10.1. The summed E-state index contributed by atoms with van der Waals surface area (Å²) in [6.45, 7) is 0.209. The Morgan fingerprint density at radius 1 is 1.25 bits per heavy atom. The van der Waals surface area contributed by atoms with Gasteiger partial charge in [0.05, 0.1) is 11.3 Å². The zero-order chi connectivity index (χ0) is 20.1. The number of hydrogen-bond donors (Lipinski definition) is 1. The van der Waals surface area contributed by atoms with E-state index in [2.05, 4.69) is 5.10 Å². The lowest BCUT2D eigenvalue weighted by Crippen LogP contribution is -2.26. The molecule has 0 atom stereocenters. The summed E-state index contributed by atoms with van der Waals surface area (Å²) in [5.74, 6) is -1.10. The fourth-order valence-corrected chi connectivity index (χ4v) is 3.19. The second-order valence-electron chi connectivity index (χ2n) is 6.91. The molecule has 2 aromatic heterocycles. The van der Waals surface area contributed by atoms with E-state index in [0.29, 0.717) is 11.2 Å². The number of aryl methyl sites for hydroxylation is 2. The van der Waals surface area contributed by atoms with E-state index in [1.807, 2.05) is 0 Å². The molecule has 3 aromatic rings. The summed E-state index contributed by atoms with van der Waals surface area (Å²) in [6.07, 6.45) is -1.03. The summed E-state index contributed by atoms with van der Waals surface area (Å²) in [4.78, 5) is 23.8. The number of nitrogens with zero attached hydrogens (tertiary/aromatic N) is 3. The van der Waals surface area contributed by atoms with Crippen LogP contribution in [0, 0.1) is 0 Å². The molecule has 0 aliphatic heterocycles. The van der Waals surface area contributed by atoms with E-state index >= 15 is 0 Å². The van der Waals surface area contributed by atoms with Crippen LogP contribution in [0.5, 0.6) is 0 Å². The lowest BCUT2D eigenvalue weighted by Gasteiger charge is -2.12. The summed E-state index contributed by atoms with van der Waals surface area (Å²) < 4.78 is 41.3. The highest BCUT2D eigenvalue weighted by molar-refractivity contribution is 5.87. The molecule has 4 rings (SSSR count). The van der Waals surface area contributed by atoms with Crippen LogP contribution in [0.1, 0.15) is 45.9 Å². The van der Waals surface area contributed by atoms with Crippen molar-refractivity contribution in [1.82, 2.24) is 14.2 Å². The highest BCUT2D eigenvalue weighted by atomic mass is 19.4. The summed E-state index contributed by atoms with van der Waals surface area (Å²) in [5.41, 5.74) is -0.254. The maximum absolute atomic E-state index is 12.9. The summed E-state index contributed by atoms with van der Waals surface area (Å²) in [6, 6.07) is 6.74. The maximum atomic E-state index is 12.9. The normalized spacial score (nSPS) is 14.5. The van der Waals surface area contributed by atoms with Gasteiger partial charge in [-0.2, -0.15) is 22.8 Å². The van der Waals surface area contributed by atoms with Crippen LogP contribution in [0.2, 0.25) is 0 Å². The van der Waals surface area contributed by atoms with Crippen LogP contribution in [0.15, 0.2) is 41.3 Å². The molecule has 146 valence electrons. The Bertz CT molecular complexity index is 1130. The Hall–Kier alpha value is -3.10. The molecule has 0 amide bonds. The van der Waals surface area contributed by atoms with Crippen molar-refractivity contribution in [2.75, 3.05) is 0 Å². The van der Waals surface area contributed by atoms with Gasteiger partial charge >= 0.3 is 12.1 Å². The van der Waals surface area contributed by atoms with Crippen molar-refractivity contribution in [2.24, 2.45) is 0 Å². The van der Waals surface area contributed by atoms with E-state index in [9.17, 15) is 27.9 Å². The lowest BCUT2D eigenvalue weighted by molar-refractivity contribution is -0.137. The molecule has 0 spiro atoms. The van der Waals surface area contributed by atoms with Gasteiger partial charge in [0, 0.05) is 24.7 Å². The number of halogens is 3. The number of carboxylic acids is 1. The van der Waals surface area contributed by atoms with Gasteiger partial charge in [0.15, 0.2) is 0 Å². The van der Waals surface area contributed by atoms with Crippen molar-refractivity contribution < 1.29 is 23.1 Å². The second kappa shape index (κ2) is 6.50. The third-order valence-corrected chi connectivity index (χ3v) is 4.83. The Labute approximate surface area is 156 Å². The fourth-order valence-electron chi connectivity index (χ4n) is 3.19. The van der Waals surface area contributed by atoms with E-state index in [4.69, 9.17) is 0 Å². The van der Waals surface area contributed by atoms with Gasteiger partial charge in [-0.15, -0.1) is 0 Å². The zero-order valence-corrected chi connectivity index (χ0v) is 14.6. The van der Waals surface area contributed by atoms with Crippen LogP contribution in [0.3, 0.4) is 0 Å². The van der Waals surface area contributed by atoms with E-state index < -0.39 is 28.8 Å². The Morgan fingerprint density at radius 2 is 2.00 bits per heavy atom. The van der Waals surface area contributed by atoms with Gasteiger partial charge in [-0.05, 0) is 30.9 Å². The number of alkyl halides is 3. The van der Waals surface area contributed by atoms with Crippen LogP contribution in [0.25, 0.3) is 5.65 Å². The molecule has 1 fully saturated rings. The number of carboxylic acid groups (broad SMARTS) is 1. The molecule has 1 aliphatic carbocycles. The number of hydrogen-bond acceptors (Lipinski definition) is 3. The quantitative estimate of drug-likeness (QED) is 0.724. The van der Waals surface area contributed by atoms with Crippen LogP contribution >= 0.6 is 0 Å². The number of aromatic nitrogens is 3. The Morgan fingerprint density at radius 3 is 2.64 bits per heavy atom. The van der Waals surface area contributed by atoms with Crippen LogP contribution in [0.4, 0.5) is 13.2 Å². The van der Waals surface area contributed by atoms with Gasteiger partial charge in [0.1, 0.15) is 11.2 Å². The highest BCUT2D eigenvalue weighted by Crippen LogP contribution is 2.39. The van der Waals surface area contributed by atoms with Gasteiger partial charge in [-0.25, -0.2) is 4.79 Å². The molecule has 28 heavy (non-hydrogen) atoms. The molecule has 0 saturated heterocycles. The zero-order valence-electron chi connectivity index (χ0n) is 14.6. The van der Waals surface area contributed by atoms with E-state index in [1.165, 1.54) is 12.3 Å². The first-order valence-corrected chi connectivity index (χ1v) is 8.76. The van der Waals surface area contributed by atoms with Gasteiger partial charge in [-0.1, -0.05) is 18.2 Å². The molecular weight excluding hydrogens is 375 g/mol. The first-order valence-electron chi connectivity index (χ1n) is 8.76. The van der Waals surface area contributed by atoms with Gasteiger partial charge < -0.3 is 9.67 Å². The van der Waals surface area contributed by atoms with Gasteiger partial charge in [-0.3, -0.25) is 4.79 Å². The topological polar surface area (TPSA) is 76.6 Å². The van der Waals surface area contributed by atoms with Crippen molar-refractivity contribution in [3.05, 3.63) is 69.3 Å². The monoisotopic (exact) mass is 391 g/mol. The number of benzene rings is 1. The number of aromatic carboxylic acids is 1. The van der Waals surface area contributed by atoms with Crippen LogP contribution < -0.4 is 5.56 Å². The summed E-state index contributed by atoms with van der Waals surface area (Å²) in [7, 11) is 0. The van der Waals surface area contributed by atoms with Crippen molar-refractivity contribution in [3.8, 4) is 0 Å². The van der Waals surface area contributed by atoms with E-state index in [0.717, 1.165) is 35.2 Å². The minimum atomic E-state index is -4.43. The standard InChI is InChI=1S/C19H16F3N3O3/c20-19(21,22)13-3-1-2-11(8-13)6-7-24-10-14(18(27)28)17(26)25-16(24)9-15(23-25)12-4-5-12/h1-3,8-10,12H,4-7H2,(H,27,28). The molecule has 6 nitrogen and oxygen atoms in total. The Kier molecular flexibility index (Phi) is 4.24. The molecule has 1 aliphatic rings. The SMILES string of the molecule is O=C(O)c1cn(CCc2cccc(C(F)(F)F)c2)c2cc(C3CC3)nn2c1=O. The molecule has 1 saturated carbocycles. The maximum Gasteiger partial charge on any atom is 0.416 e. The minimum absolute atomic E-state index is 0.209. The van der Waals surface area contributed by atoms with E-state index in [1.54, 1.807) is 16.7 Å². The predicted molar refractivity (Wildman–Crippen MR) is 93.5 cm³/mol. The third-order valence-electron chi connectivity index (χ3n) is 4.83. The molecule has 2 heterocycles. The summed E-state index contributed by atoms with van der Waals surface area (Å²) in [5, 5.41) is 13.6. The molecule has 9 heteroatoms. The smallest absolute Gasteiger partial charge is 0.416 e. The van der Waals surface area contributed by atoms with Gasteiger partial charge in [0.25, 0.3) is 5.56 Å². The molecule has 0 unspecified atom stereocenters. The molecular formula is C19H16F3N3O3. The number of carbonyl (C=O) groups is 1. The van der Waals surface area contributed by atoms with Crippen molar-refractivity contribution in [3.63, 3.8) is 0 Å². The summed E-state index contributed by atoms with van der Waals surface area (Å²) >= 11 is 0. The molecule has 1 N–H and O–H groups in total. The van der Waals surface area contributed by atoms with Crippen molar-refractivity contribution in [2.45, 2.75) is 37.9 Å². The van der Waals surface area contributed by atoms with Gasteiger partial charge in [0.2, 0.25) is 0 Å². The highest BCUT2D eigenvalue weighted by Gasteiger charge is 2.30. The first kappa shape index (κ1) is 18.3.